The van der Waals surface area contributed by atoms with Crippen molar-refractivity contribution in [1.29, 1.82) is 0 Å². The third kappa shape index (κ3) is 4.63. The zero-order valence-electron chi connectivity index (χ0n) is 15.3. The average molecular weight is 346 g/mol. The van der Waals surface area contributed by atoms with Crippen LogP contribution in [0.3, 0.4) is 0 Å². The third-order valence-corrected chi connectivity index (χ3v) is 5.55. The number of rotatable bonds is 3. The van der Waals surface area contributed by atoms with Gasteiger partial charge in [-0.1, -0.05) is 6.07 Å². The molecule has 138 valence electrons. The number of aliphatic hydroxyl groups is 1. The molecule has 0 aliphatic carbocycles. The smallest absolute Gasteiger partial charge is 0.317 e. The molecule has 1 aromatic heterocycles. The fourth-order valence-electron chi connectivity index (χ4n) is 3.75. The first-order valence-electron chi connectivity index (χ1n) is 9.44. The van der Waals surface area contributed by atoms with Crippen LogP contribution in [0.15, 0.2) is 18.3 Å². The summed E-state index contributed by atoms with van der Waals surface area (Å²) in [5.41, 5.74) is 1.17. The highest BCUT2D eigenvalue weighted by molar-refractivity contribution is 5.74. The van der Waals surface area contributed by atoms with Gasteiger partial charge in [0.05, 0.1) is 6.10 Å². The van der Waals surface area contributed by atoms with Crippen molar-refractivity contribution in [3.63, 3.8) is 0 Å². The number of hydrogen-bond donors (Lipinski definition) is 2. The normalized spacial score (nSPS) is 21.2. The van der Waals surface area contributed by atoms with E-state index in [1.807, 2.05) is 24.9 Å². The predicted octanol–water partition coefficient (Wildman–Crippen LogP) is 2.16. The fourth-order valence-corrected chi connectivity index (χ4v) is 3.75. The van der Waals surface area contributed by atoms with Gasteiger partial charge < -0.3 is 20.2 Å². The monoisotopic (exact) mass is 346 g/mol. The lowest BCUT2D eigenvalue weighted by Gasteiger charge is -2.36. The lowest BCUT2D eigenvalue weighted by atomic mass is 9.92. The molecule has 1 aromatic rings. The van der Waals surface area contributed by atoms with E-state index >= 15 is 0 Å². The number of hydrogen-bond acceptors (Lipinski definition) is 4. The minimum absolute atomic E-state index is 0.0518. The number of anilines is 1. The molecule has 3 heterocycles. The Morgan fingerprint density at radius 3 is 2.44 bits per heavy atom. The number of likely N-dealkylation sites (tertiary alicyclic amines) is 1. The molecule has 2 N–H and O–H groups in total. The maximum atomic E-state index is 12.5. The van der Waals surface area contributed by atoms with Gasteiger partial charge in [0, 0.05) is 38.4 Å². The second kappa shape index (κ2) is 8.04. The van der Waals surface area contributed by atoms with Crippen molar-refractivity contribution in [3.05, 3.63) is 23.9 Å². The van der Waals surface area contributed by atoms with Gasteiger partial charge in [0.25, 0.3) is 0 Å². The van der Waals surface area contributed by atoms with Crippen LogP contribution in [-0.4, -0.2) is 59.3 Å². The van der Waals surface area contributed by atoms with Crippen molar-refractivity contribution in [2.45, 2.75) is 51.7 Å². The largest absolute Gasteiger partial charge is 0.393 e. The molecule has 2 saturated heterocycles. The summed E-state index contributed by atoms with van der Waals surface area (Å²) in [6.45, 7) is 7.22. The number of piperidine rings is 2. The molecule has 0 radical (unpaired) electrons. The summed E-state index contributed by atoms with van der Waals surface area (Å²) in [5.74, 6) is 1.35. The molecule has 6 nitrogen and oxygen atoms in total. The number of pyridine rings is 1. The van der Waals surface area contributed by atoms with Crippen LogP contribution in [0.4, 0.5) is 10.6 Å². The molecule has 1 atom stereocenters. The molecule has 0 spiro atoms. The molecule has 0 saturated carbocycles. The number of carbonyl (C=O) groups excluding carboxylic acids is 1. The Morgan fingerprint density at radius 2 is 1.88 bits per heavy atom. The van der Waals surface area contributed by atoms with Crippen LogP contribution in [0.25, 0.3) is 0 Å². The summed E-state index contributed by atoms with van der Waals surface area (Å²) < 4.78 is 0. The summed E-state index contributed by atoms with van der Waals surface area (Å²) >= 11 is 0. The summed E-state index contributed by atoms with van der Waals surface area (Å²) in [6.07, 6.45) is 5.31. The Hall–Kier alpha value is -1.82. The lowest BCUT2D eigenvalue weighted by Crippen LogP contribution is -2.51. The molecule has 2 aliphatic rings. The topological polar surface area (TPSA) is 68.7 Å². The number of nitrogens with zero attached hydrogens (tertiary/aromatic N) is 3. The maximum Gasteiger partial charge on any atom is 0.317 e. The van der Waals surface area contributed by atoms with Gasteiger partial charge in [0.2, 0.25) is 0 Å². The first-order chi connectivity index (χ1) is 12.0. The van der Waals surface area contributed by atoms with Crippen molar-refractivity contribution in [2.24, 2.45) is 5.92 Å². The van der Waals surface area contributed by atoms with E-state index in [4.69, 9.17) is 0 Å². The minimum atomic E-state index is -0.273. The van der Waals surface area contributed by atoms with E-state index in [0.29, 0.717) is 5.92 Å². The van der Waals surface area contributed by atoms with Crippen molar-refractivity contribution in [2.75, 3.05) is 31.1 Å². The fraction of sp³-hybridized carbons (Fsp3) is 0.684. The lowest BCUT2D eigenvalue weighted by molar-refractivity contribution is 0.0791. The van der Waals surface area contributed by atoms with Crippen LogP contribution in [0.5, 0.6) is 0 Å². The van der Waals surface area contributed by atoms with Gasteiger partial charge >= 0.3 is 6.03 Å². The van der Waals surface area contributed by atoms with Gasteiger partial charge in [-0.2, -0.15) is 0 Å². The van der Waals surface area contributed by atoms with E-state index in [1.54, 1.807) is 0 Å². The highest BCUT2D eigenvalue weighted by Gasteiger charge is 2.27. The molecule has 2 amide bonds. The maximum absolute atomic E-state index is 12.5. The van der Waals surface area contributed by atoms with Crippen LogP contribution >= 0.6 is 0 Å². The van der Waals surface area contributed by atoms with Gasteiger partial charge in [-0.3, -0.25) is 0 Å². The highest BCUT2D eigenvalue weighted by atomic mass is 16.3. The van der Waals surface area contributed by atoms with E-state index in [9.17, 15) is 9.90 Å². The first-order valence-corrected chi connectivity index (χ1v) is 9.44. The molecular formula is C19H30N4O2. The van der Waals surface area contributed by atoms with Gasteiger partial charge in [0.1, 0.15) is 5.82 Å². The minimum Gasteiger partial charge on any atom is -0.393 e. The Kier molecular flexibility index (Phi) is 5.78. The number of amides is 2. The zero-order chi connectivity index (χ0) is 17.8. The quantitative estimate of drug-likeness (QED) is 0.880. The molecule has 2 fully saturated rings. The zero-order valence-corrected chi connectivity index (χ0v) is 15.3. The molecule has 3 rings (SSSR count). The van der Waals surface area contributed by atoms with Crippen molar-refractivity contribution < 1.29 is 9.90 Å². The van der Waals surface area contributed by atoms with Crippen LogP contribution in [0.1, 0.15) is 38.2 Å². The molecule has 0 aromatic carbocycles. The Balaban J connectivity index is 1.43. The SMILES string of the molecule is Cc1ccc(N2CCC(NC(=O)N3CCC(C(C)O)CC3)CC2)nc1. The van der Waals surface area contributed by atoms with Gasteiger partial charge in [-0.05, 0) is 57.1 Å². The molecule has 1 unspecified atom stereocenters. The second-order valence-corrected chi connectivity index (χ2v) is 7.47. The average Bonchev–Trinajstić information content (AvgIpc) is 2.63. The van der Waals surface area contributed by atoms with E-state index in [0.717, 1.165) is 57.7 Å². The van der Waals surface area contributed by atoms with E-state index in [2.05, 4.69) is 27.3 Å². The highest BCUT2D eigenvalue weighted by Crippen LogP contribution is 2.21. The van der Waals surface area contributed by atoms with Gasteiger partial charge in [-0.25, -0.2) is 9.78 Å². The Morgan fingerprint density at radius 1 is 1.20 bits per heavy atom. The molecule has 2 aliphatic heterocycles. The Bertz CT molecular complexity index is 559. The number of nitrogens with one attached hydrogen (secondary N) is 1. The summed E-state index contributed by atoms with van der Waals surface area (Å²) in [6, 6.07) is 4.45. The van der Waals surface area contributed by atoms with Crippen LogP contribution in [-0.2, 0) is 0 Å². The van der Waals surface area contributed by atoms with Crippen LogP contribution in [0.2, 0.25) is 0 Å². The number of carbonyl (C=O) groups is 1. The summed E-state index contributed by atoms with van der Waals surface area (Å²) in [5, 5.41) is 12.9. The summed E-state index contributed by atoms with van der Waals surface area (Å²) in [7, 11) is 0. The van der Waals surface area contributed by atoms with Gasteiger partial charge in [-0.15, -0.1) is 0 Å². The number of aliphatic hydroxyl groups excluding tert-OH is 1. The van der Waals surface area contributed by atoms with E-state index < -0.39 is 0 Å². The second-order valence-electron chi connectivity index (χ2n) is 7.47. The van der Waals surface area contributed by atoms with Crippen molar-refractivity contribution in [3.8, 4) is 0 Å². The van der Waals surface area contributed by atoms with E-state index in [-0.39, 0.29) is 18.2 Å². The van der Waals surface area contributed by atoms with Crippen LogP contribution < -0.4 is 10.2 Å². The van der Waals surface area contributed by atoms with Crippen LogP contribution in [0, 0.1) is 12.8 Å². The summed E-state index contributed by atoms with van der Waals surface area (Å²) in [4.78, 5) is 21.1. The van der Waals surface area contributed by atoms with E-state index in [1.165, 1.54) is 5.56 Å². The van der Waals surface area contributed by atoms with Crippen molar-refractivity contribution >= 4 is 11.8 Å². The van der Waals surface area contributed by atoms with Gasteiger partial charge in [0.15, 0.2) is 0 Å². The number of urea groups is 1. The third-order valence-electron chi connectivity index (χ3n) is 5.55. The molecular weight excluding hydrogens is 316 g/mol. The predicted molar refractivity (Wildman–Crippen MR) is 98.7 cm³/mol. The molecule has 25 heavy (non-hydrogen) atoms. The molecule has 6 heteroatoms. The number of aromatic nitrogens is 1. The standard InChI is InChI=1S/C19H30N4O2/c1-14-3-4-18(20-13-14)22-11-7-17(8-12-22)21-19(25)23-9-5-16(6-10-23)15(2)24/h3-4,13,15-17,24H,5-12H2,1-2H3,(H,21,25). The molecule has 0 bridgehead atoms. The Labute approximate surface area is 150 Å². The number of aryl methyl sites for hydroxylation is 1. The van der Waals surface area contributed by atoms with Crippen molar-refractivity contribution in [1.82, 2.24) is 15.2 Å². The first kappa shape index (κ1) is 18.0.